The molecule has 0 saturated carbocycles. The Morgan fingerprint density at radius 3 is 1.64 bits per heavy atom. The molecule has 1 aromatic heterocycles. The van der Waals surface area contributed by atoms with Crippen LogP contribution >= 0.6 is 0 Å². The van der Waals surface area contributed by atoms with Gasteiger partial charge in [-0.2, -0.15) is 0 Å². The van der Waals surface area contributed by atoms with Crippen molar-refractivity contribution < 1.29 is 4.42 Å². The van der Waals surface area contributed by atoms with Crippen LogP contribution in [0.2, 0.25) is 0 Å². The Morgan fingerprint density at radius 2 is 0.956 bits per heavy atom. The fourth-order valence-corrected chi connectivity index (χ4v) is 6.39. The van der Waals surface area contributed by atoms with Crippen LogP contribution in [0.3, 0.4) is 0 Å². The number of hydrogen-bond donors (Lipinski definition) is 0. The van der Waals surface area contributed by atoms with Gasteiger partial charge in [0.2, 0.25) is 0 Å². The molecule has 0 spiro atoms. The van der Waals surface area contributed by atoms with Gasteiger partial charge in [-0.15, -0.1) is 0 Å². The number of aromatic nitrogens is 3. The van der Waals surface area contributed by atoms with Crippen LogP contribution < -0.4 is 0 Å². The number of para-hydroxylation sites is 2. The summed E-state index contributed by atoms with van der Waals surface area (Å²) in [5.74, 6) is 1.49. The summed E-state index contributed by atoms with van der Waals surface area (Å²) in [7, 11) is 0. The first-order valence-corrected chi connectivity index (χ1v) is 15.0. The molecule has 9 rings (SSSR count). The molecular weight excluding hydrogens is 550 g/mol. The van der Waals surface area contributed by atoms with Gasteiger partial charge >= 0.3 is 0 Å². The molecule has 45 heavy (non-hydrogen) atoms. The predicted octanol–water partition coefficient (Wildman–Crippen LogP) is 10.7. The van der Waals surface area contributed by atoms with Crippen LogP contribution in [0.1, 0.15) is 0 Å². The van der Waals surface area contributed by atoms with E-state index in [1.165, 1.54) is 0 Å². The van der Waals surface area contributed by atoms with E-state index in [0.29, 0.717) is 5.82 Å². The maximum Gasteiger partial charge on any atom is 0.161 e. The van der Waals surface area contributed by atoms with Crippen LogP contribution in [0.4, 0.5) is 0 Å². The van der Waals surface area contributed by atoms with Gasteiger partial charge in [-0.05, 0) is 47.2 Å². The van der Waals surface area contributed by atoms with Crippen molar-refractivity contribution in [2.75, 3.05) is 0 Å². The average Bonchev–Trinajstić information content (AvgIpc) is 3.52. The quantitative estimate of drug-likeness (QED) is 0.209. The molecule has 2 aliphatic heterocycles. The van der Waals surface area contributed by atoms with Crippen LogP contribution in [0, 0.1) is 0 Å². The van der Waals surface area contributed by atoms with Crippen molar-refractivity contribution in [1.29, 1.82) is 0 Å². The summed E-state index contributed by atoms with van der Waals surface area (Å²) in [5.41, 5.74) is 9.57. The first-order chi connectivity index (χ1) is 22.3. The summed E-state index contributed by atoms with van der Waals surface area (Å²) in [6.45, 7) is 0. The minimum atomic E-state index is 0.680. The summed E-state index contributed by atoms with van der Waals surface area (Å²) in [6, 6.07) is 51.8. The zero-order valence-corrected chi connectivity index (χ0v) is 24.2. The van der Waals surface area contributed by atoms with Crippen LogP contribution in [-0.4, -0.2) is 15.0 Å². The molecule has 4 heteroatoms. The van der Waals surface area contributed by atoms with E-state index in [1.807, 2.05) is 60.7 Å². The monoisotopic (exact) mass is 575 g/mol. The molecule has 0 fully saturated rings. The Bertz CT molecular complexity index is 2420. The normalized spacial score (nSPS) is 11.6. The summed E-state index contributed by atoms with van der Waals surface area (Å²) in [5, 5.41) is 4.21. The Hall–Kier alpha value is -6.13. The molecule has 0 saturated heterocycles. The van der Waals surface area contributed by atoms with Gasteiger partial charge in [0.1, 0.15) is 11.3 Å². The topological polar surface area (TPSA) is 51.8 Å². The third kappa shape index (κ3) is 4.19. The predicted molar refractivity (Wildman–Crippen MR) is 183 cm³/mol. The molecule has 0 amide bonds. The van der Waals surface area contributed by atoms with Gasteiger partial charge in [0, 0.05) is 33.0 Å². The molecule has 210 valence electrons. The van der Waals surface area contributed by atoms with Crippen molar-refractivity contribution in [3.8, 4) is 56.5 Å². The van der Waals surface area contributed by atoms with Gasteiger partial charge in [-0.3, -0.25) is 0 Å². The molecule has 0 atom stereocenters. The lowest BCUT2D eigenvalue weighted by molar-refractivity contribution is 0.622. The molecule has 0 aliphatic carbocycles. The van der Waals surface area contributed by atoms with Crippen molar-refractivity contribution in [2.24, 2.45) is 0 Å². The van der Waals surface area contributed by atoms with E-state index >= 15 is 0 Å². The summed E-state index contributed by atoms with van der Waals surface area (Å²) < 4.78 is 6.76. The van der Waals surface area contributed by atoms with Gasteiger partial charge < -0.3 is 4.42 Å². The highest BCUT2D eigenvalue weighted by molar-refractivity contribution is 6.13. The number of nitrogens with zero attached hydrogens (tertiary/aromatic N) is 3. The maximum absolute atomic E-state index is 6.76. The molecule has 0 bridgehead atoms. The van der Waals surface area contributed by atoms with Gasteiger partial charge in [0.05, 0.1) is 28.2 Å². The third-order valence-corrected chi connectivity index (χ3v) is 8.50. The molecule has 0 radical (unpaired) electrons. The Balaban J connectivity index is 1.31. The van der Waals surface area contributed by atoms with Crippen LogP contribution in [0.15, 0.2) is 156 Å². The van der Waals surface area contributed by atoms with Crippen LogP contribution in [0.5, 0.6) is 0 Å². The highest BCUT2D eigenvalue weighted by Crippen LogP contribution is 2.46. The average molecular weight is 576 g/mol. The molecule has 3 heterocycles. The van der Waals surface area contributed by atoms with Crippen molar-refractivity contribution in [3.63, 3.8) is 0 Å². The van der Waals surface area contributed by atoms with E-state index in [-0.39, 0.29) is 0 Å². The SMILES string of the molecule is c1ccc(-c2cc(-c3ccccc3)nc(-c3ccc(-c4oc5ccccc5c5nc6ccccc6c4-5)c4ccccc34)n2)cc1. The minimum absolute atomic E-state index is 0.680. The maximum atomic E-state index is 6.76. The van der Waals surface area contributed by atoms with E-state index in [0.717, 1.165) is 83.3 Å². The lowest BCUT2D eigenvalue weighted by Gasteiger charge is -2.15. The zero-order valence-electron chi connectivity index (χ0n) is 24.2. The first-order valence-electron chi connectivity index (χ1n) is 15.0. The standard InChI is InChI=1S/C41H25N3O/c1-3-13-26(14-4-1)35-25-36(27-15-5-2-6-16-27)44-41(43-35)31-24-23-30(28-17-7-8-18-29(28)31)40-38-32-19-9-11-21-34(32)42-39(38)33-20-10-12-22-37(33)45-40/h1-25H. The van der Waals surface area contributed by atoms with Crippen molar-refractivity contribution in [2.45, 2.75) is 0 Å². The Labute approximate surface area is 259 Å². The van der Waals surface area contributed by atoms with Crippen LogP contribution in [0.25, 0.3) is 89.1 Å². The lowest BCUT2D eigenvalue weighted by Crippen LogP contribution is -1.97. The fourth-order valence-electron chi connectivity index (χ4n) is 6.39. The summed E-state index contributed by atoms with van der Waals surface area (Å²) in [6.07, 6.45) is 0. The lowest BCUT2D eigenvalue weighted by atomic mass is 9.93. The van der Waals surface area contributed by atoms with E-state index in [9.17, 15) is 0 Å². The second-order valence-corrected chi connectivity index (χ2v) is 11.2. The van der Waals surface area contributed by atoms with Crippen LogP contribution in [-0.2, 0) is 0 Å². The molecule has 0 unspecified atom stereocenters. The van der Waals surface area contributed by atoms with Gasteiger partial charge in [0.25, 0.3) is 0 Å². The van der Waals surface area contributed by atoms with Crippen molar-refractivity contribution in [1.82, 2.24) is 15.0 Å². The van der Waals surface area contributed by atoms with Gasteiger partial charge in [-0.1, -0.05) is 115 Å². The largest absolute Gasteiger partial charge is 0.455 e. The molecule has 4 nitrogen and oxygen atoms in total. The molecule has 7 aromatic rings. The van der Waals surface area contributed by atoms with Gasteiger partial charge in [0.15, 0.2) is 5.82 Å². The molecule has 2 aliphatic rings. The van der Waals surface area contributed by atoms with E-state index in [4.69, 9.17) is 19.4 Å². The number of benzene rings is 6. The zero-order chi connectivity index (χ0) is 29.7. The second kappa shape index (κ2) is 10.2. The Kier molecular flexibility index (Phi) is 5.78. The molecule has 0 N–H and O–H groups in total. The molecule has 6 aromatic carbocycles. The summed E-state index contributed by atoms with van der Waals surface area (Å²) >= 11 is 0. The first kappa shape index (κ1) is 25.4. The summed E-state index contributed by atoms with van der Waals surface area (Å²) in [4.78, 5) is 15.3. The smallest absolute Gasteiger partial charge is 0.161 e. The fraction of sp³-hybridized carbons (Fsp3) is 0. The van der Waals surface area contributed by atoms with Crippen molar-refractivity contribution >= 4 is 32.6 Å². The highest BCUT2D eigenvalue weighted by atomic mass is 16.3. The molecular formula is C41H25N3O. The van der Waals surface area contributed by atoms with E-state index < -0.39 is 0 Å². The van der Waals surface area contributed by atoms with Crippen molar-refractivity contribution in [3.05, 3.63) is 152 Å². The van der Waals surface area contributed by atoms with Gasteiger partial charge in [-0.25, -0.2) is 15.0 Å². The van der Waals surface area contributed by atoms with E-state index in [1.54, 1.807) is 0 Å². The highest BCUT2D eigenvalue weighted by Gasteiger charge is 2.25. The number of hydrogen-bond acceptors (Lipinski definition) is 4. The number of rotatable bonds is 4. The van der Waals surface area contributed by atoms with E-state index in [2.05, 4.69) is 91.0 Å². The second-order valence-electron chi connectivity index (χ2n) is 11.2. The number of fused-ring (bicyclic) bond motifs is 6. The third-order valence-electron chi connectivity index (χ3n) is 8.50. The minimum Gasteiger partial charge on any atom is -0.455 e. The Morgan fingerprint density at radius 1 is 0.422 bits per heavy atom.